The van der Waals surface area contributed by atoms with Crippen molar-refractivity contribution in [2.24, 2.45) is 0 Å². The quantitative estimate of drug-likeness (QED) is 0.773. The average Bonchev–Trinajstić information content (AvgIpc) is 3.07. The third-order valence-electron chi connectivity index (χ3n) is 4.54. The van der Waals surface area contributed by atoms with Gasteiger partial charge in [-0.2, -0.15) is 0 Å². The van der Waals surface area contributed by atoms with Crippen LogP contribution in [0.15, 0.2) is 33.9 Å². The number of hydrogen-bond donors (Lipinski definition) is 1. The maximum Gasteiger partial charge on any atom is 0.277 e. The Hall–Kier alpha value is -2.09. The van der Waals surface area contributed by atoms with Gasteiger partial charge in [-0.25, -0.2) is 4.39 Å². The standard InChI is InChI=1S/C18H23FN4O2S/c1-12-4-3-5-13(2)23(12)17(24)11-26-18-22-21-16(25-18)10-20-15-8-6-14(19)7-9-15/h6-9,12-13,20H,3-5,10-11H2,1-2H3/t12-,13-/m1/s1. The van der Waals surface area contributed by atoms with Crippen molar-refractivity contribution in [2.75, 3.05) is 11.1 Å². The first-order valence-corrected chi connectivity index (χ1v) is 9.77. The lowest BCUT2D eigenvalue weighted by atomic mass is 9.98. The van der Waals surface area contributed by atoms with Crippen LogP contribution in [-0.4, -0.2) is 38.8 Å². The molecular weight excluding hydrogens is 355 g/mol. The van der Waals surface area contributed by atoms with Crippen molar-refractivity contribution < 1.29 is 13.6 Å². The number of nitrogens with zero attached hydrogens (tertiary/aromatic N) is 3. The van der Waals surface area contributed by atoms with Crippen molar-refractivity contribution in [1.82, 2.24) is 15.1 Å². The lowest BCUT2D eigenvalue weighted by Gasteiger charge is -2.39. The second-order valence-corrected chi connectivity index (χ2v) is 7.47. The Balaban J connectivity index is 1.48. The van der Waals surface area contributed by atoms with Crippen LogP contribution in [0.25, 0.3) is 0 Å². The van der Waals surface area contributed by atoms with Crippen molar-refractivity contribution in [2.45, 2.75) is 57.0 Å². The van der Waals surface area contributed by atoms with Crippen molar-refractivity contribution in [1.29, 1.82) is 0 Å². The largest absolute Gasteiger partial charge is 0.414 e. The van der Waals surface area contributed by atoms with Gasteiger partial charge in [0.2, 0.25) is 11.8 Å². The zero-order chi connectivity index (χ0) is 18.5. The molecule has 6 nitrogen and oxygen atoms in total. The van der Waals surface area contributed by atoms with Crippen molar-refractivity contribution in [3.8, 4) is 0 Å². The van der Waals surface area contributed by atoms with Crippen molar-refractivity contribution in [3.63, 3.8) is 0 Å². The molecule has 8 heteroatoms. The van der Waals surface area contributed by atoms with Gasteiger partial charge in [0.15, 0.2) is 0 Å². The Morgan fingerprint density at radius 3 is 2.65 bits per heavy atom. The highest BCUT2D eigenvalue weighted by Crippen LogP contribution is 2.25. The molecule has 0 aliphatic carbocycles. The fraction of sp³-hybridized carbons (Fsp3) is 0.500. The summed E-state index contributed by atoms with van der Waals surface area (Å²) in [5, 5.41) is 11.4. The predicted octanol–water partition coefficient (Wildman–Crippen LogP) is 3.70. The molecule has 0 unspecified atom stereocenters. The molecule has 1 aromatic heterocycles. The van der Waals surface area contributed by atoms with E-state index in [0.29, 0.717) is 23.4 Å². The number of thioether (sulfide) groups is 1. The van der Waals surface area contributed by atoms with Gasteiger partial charge in [0.05, 0.1) is 12.3 Å². The van der Waals surface area contributed by atoms with E-state index in [9.17, 15) is 9.18 Å². The molecule has 0 bridgehead atoms. The fourth-order valence-electron chi connectivity index (χ4n) is 3.22. The summed E-state index contributed by atoms with van der Waals surface area (Å²) in [4.78, 5) is 14.5. The van der Waals surface area contributed by atoms with E-state index < -0.39 is 0 Å². The third kappa shape index (κ3) is 4.75. The number of aromatic nitrogens is 2. The first kappa shape index (κ1) is 18.7. The number of rotatable bonds is 6. The molecule has 1 saturated heterocycles. The van der Waals surface area contributed by atoms with E-state index in [-0.39, 0.29) is 23.8 Å². The number of amides is 1. The molecule has 3 rings (SSSR count). The number of nitrogens with one attached hydrogen (secondary N) is 1. The third-order valence-corrected chi connectivity index (χ3v) is 5.34. The summed E-state index contributed by atoms with van der Waals surface area (Å²) in [5.41, 5.74) is 0.766. The van der Waals surface area contributed by atoms with E-state index in [4.69, 9.17) is 4.42 Å². The molecule has 2 atom stereocenters. The maximum atomic E-state index is 12.9. The number of carbonyl (C=O) groups excluding carboxylic acids is 1. The summed E-state index contributed by atoms with van der Waals surface area (Å²) in [7, 11) is 0. The Bertz CT molecular complexity index is 727. The van der Waals surface area contributed by atoms with Gasteiger partial charge >= 0.3 is 0 Å². The summed E-state index contributed by atoms with van der Waals surface area (Å²) in [6.07, 6.45) is 3.29. The predicted molar refractivity (Wildman–Crippen MR) is 98.4 cm³/mol. The molecule has 0 radical (unpaired) electrons. The van der Waals surface area contributed by atoms with Gasteiger partial charge in [0.1, 0.15) is 5.82 Å². The van der Waals surface area contributed by atoms with Gasteiger partial charge in [0.25, 0.3) is 5.22 Å². The summed E-state index contributed by atoms with van der Waals surface area (Å²) >= 11 is 1.26. The smallest absolute Gasteiger partial charge is 0.277 e. The van der Waals surface area contributed by atoms with Gasteiger partial charge in [-0.15, -0.1) is 10.2 Å². The second-order valence-electron chi connectivity index (χ2n) is 6.54. The molecule has 1 fully saturated rings. The van der Waals surface area contributed by atoms with E-state index in [1.165, 1.54) is 30.3 Å². The fourth-order valence-corrected chi connectivity index (χ4v) is 3.87. The Kier molecular flexibility index (Phi) is 6.13. The molecular formula is C18H23FN4O2S. The number of benzene rings is 1. The molecule has 1 amide bonds. The van der Waals surface area contributed by atoms with Crippen LogP contribution in [0.4, 0.5) is 10.1 Å². The Labute approximate surface area is 156 Å². The highest BCUT2D eigenvalue weighted by Gasteiger charge is 2.29. The number of piperidine rings is 1. The summed E-state index contributed by atoms with van der Waals surface area (Å²) in [6, 6.07) is 6.61. The molecule has 1 aliphatic heterocycles. The van der Waals surface area contributed by atoms with Crippen LogP contribution < -0.4 is 5.32 Å². The Morgan fingerprint density at radius 2 is 1.96 bits per heavy atom. The highest BCUT2D eigenvalue weighted by molar-refractivity contribution is 7.99. The summed E-state index contributed by atoms with van der Waals surface area (Å²) in [6.45, 7) is 4.54. The monoisotopic (exact) mass is 378 g/mol. The molecule has 0 spiro atoms. The van der Waals surface area contributed by atoms with Crippen LogP contribution in [0.2, 0.25) is 0 Å². The SMILES string of the molecule is C[C@@H]1CCC[C@@H](C)N1C(=O)CSc1nnc(CNc2ccc(F)cc2)o1. The molecule has 140 valence electrons. The van der Waals surface area contributed by atoms with E-state index in [1.54, 1.807) is 12.1 Å². The van der Waals surface area contributed by atoms with E-state index in [0.717, 1.165) is 18.5 Å². The van der Waals surface area contributed by atoms with Gasteiger partial charge in [-0.05, 0) is 57.4 Å². The molecule has 0 saturated carbocycles. The first-order chi connectivity index (χ1) is 12.5. The van der Waals surface area contributed by atoms with E-state index >= 15 is 0 Å². The number of halogens is 1. The van der Waals surface area contributed by atoms with Crippen LogP contribution in [0.1, 0.15) is 39.0 Å². The minimum Gasteiger partial charge on any atom is -0.414 e. The van der Waals surface area contributed by atoms with Crippen LogP contribution >= 0.6 is 11.8 Å². The zero-order valence-electron chi connectivity index (χ0n) is 14.9. The molecule has 2 aromatic rings. The lowest BCUT2D eigenvalue weighted by Crippen LogP contribution is -2.48. The molecule has 26 heavy (non-hydrogen) atoms. The Morgan fingerprint density at radius 1 is 1.27 bits per heavy atom. The van der Waals surface area contributed by atoms with Crippen LogP contribution in [0, 0.1) is 5.82 Å². The number of anilines is 1. The van der Waals surface area contributed by atoms with Gasteiger partial charge in [0, 0.05) is 17.8 Å². The van der Waals surface area contributed by atoms with Crippen molar-refractivity contribution in [3.05, 3.63) is 36.0 Å². The minimum absolute atomic E-state index is 0.110. The number of likely N-dealkylation sites (tertiary alicyclic amines) is 1. The van der Waals surface area contributed by atoms with E-state index in [1.807, 2.05) is 4.90 Å². The second kappa shape index (κ2) is 8.53. The van der Waals surface area contributed by atoms with Gasteiger partial charge in [-0.1, -0.05) is 11.8 Å². The lowest BCUT2D eigenvalue weighted by molar-refractivity contribution is -0.134. The first-order valence-electron chi connectivity index (χ1n) is 8.78. The zero-order valence-corrected chi connectivity index (χ0v) is 15.8. The highest BCUT2D eigenvalue weighted by atomic mass is 32.2. The van der Waals surface area contributed by atoms with Gasteiger partial charge < -0.3 is 14.6 Å². The maximum absolute atomic E-state index is 12.9. The number of hydrogen-bond acceptors (Lipinski definition) is 6. The average molecular weight is 378 g/mol. The van der Waals surface area contributed by atoms with Crippen LogP contribution in [0.3, 0.4) is 0 Å². The van der Waals surface area contributed by atoms with Crippen LogP contribution in [0.5, 0.6) is 0 Å². The molecule has 1 aliphatic rings. The molecule has 1 N–H and O–H groups in total. The molecule has 2 heterocycles. The van der Waals surface area contributed by atoms with Crippen molar-refractivity contribution >= 4 is 23.4 Å². The number of carbonyl (C=O) groups is 1. The molecule has 1 aromatic carbocycles. The minimum atomic E-state index is -0.283. The normalized spacial score (nSPS) is 20.2. The topological polar surface area (TPSA) is 71.3 Å². The summed E-state index contributed by atoms with van der Waals surface area (Å²) < 4.78 is 18.4. The van der Waals surface area contributed by atoms with Crippen LogP contribution in [-0.2, 0) is 11.3 Å². The van der Waals surface area contributed by atoms with E-state index in [2.05, 4.69) is 29.4 Å². The summed E-state index contributed by atoms with van der Waals surface area (Å²) in [5.74, 6) is 0.540. The van der Waals surface area contributed by atoms with Gasteiger partial charge in [-0.3, -0.25) is 4.79 Å².